The van der Waals surface area contributed by atoms with E-state index >= 15 is 0 Å². The fourth-order valence-electron chi connectivity index (χ4n) is 3.39. The second-order valence-corrected chi connectivity index (χ2v) is 8.96. The molecule has 0 aliphatic carbocycles. The fraction of sp³-hybridized carbons (Fsp3) is 0.435. The van der Waals surface area contributed by atoms with Crippen LogP contribution in [0.3, 0.4) is 0 Å². The quantitative estimate of drug-likeness (QED) is 0.218. The molecular weight excluding hydrogens is 537 g/mol. The normalized spacial score (nSPS) is 12.8. The van der Waals surface area contributed by atoms with Crippen molar-refractivity contribution in [3.63, 3.8) is 0 Å². The summed E-state index contributed by atoms with van der Waals surface area (Å²) in [5.41, 5.74) is 2.21. The van der Waals surface area contributed by atoms with Gasteiger partial charge in [-0.25, -0.2) is 18.1 Å². The zero-order valence-corrected chi connectivity index (χ0v) is 22.5. The van der Waals surface area contributed by atoms with E-state index in [1.54, 1.807) is 24.3 Å². The average Bonchev–Trinajstić information content (AvgIpc) is 2.80. The molecule has 0 saturated heterocycles. The standard InChI is InChI=1S/C23H35N5O2S.HI/c1-5-25-23(26-17-19-13-15-21(16-14-19)31(29,30)24-4)27-18-22(28(6-2)7-3)20-11-9-8-10-12-20;/h8-16,22,24H,5-7,17-18H2,1-4H3,(H2,25,26,27);1H. The first-order chi connectivity index (χ1) is 14.9. The van der Waals surface area contributed by atoms with Gasteiger partial charge < -0.3 is 10.6 Å². The Hall–Kier alpha value is -1.69. The van der Waals surface area contributed by atoms with Gasteiger partial charge >= 0.3 is 0 Å². The molecule has 1 atom stereocenters. The van der Waals surface area contributed by atoms with Gasteiger partial charge in [-0.2, -0.15) is 0 Å². The minimum absolute atomic E-state index is 0. The van der Waals surface area contributed by atoms with E-state index in [-0.39, 0.29) is 34.9 Å². The van der Waals surface area contributed by atoms with Gasteiger partial charge in [0.15, 0.2) is 5.96 Å². The minimum Gasteiger partial charge on any atom is -0.357 e. The number of hydrogen-bond acceptors (Lipinski definition) is 4. The number of benzene rings is 2. The maximum absolute atomic E-state index is 11.9. The Morgan fingerprint density at radius 3 is 2.12 bits per heavy atom. The third kappa shape index (κ3) is 8.34. The number of guanidine groups is 1. The van der Waals surface area contributed by atoms with E-state index in [1.165, 1.54) is 12.6 Å². The van der Waals surface area contributed by atoms with Crippen LogP contribution in [0.1, 0.15) is 37.9 Å². The van der Waals surface area contributed by atoms with Crippen LogP contribution in [0, 0.1) is 0 Å². The second-order valence-electron chi connectivity index (χ2n) is 7.08. The van der Waals surface area contributed by atoms with Gasteiger partial charge in [0.25, 0.3) is 0 Å². The van der Waals surface area contributed by atoms with E-state index in [2.05, 4.69) is 63.4 Å². The van der Waals surface area contributed by atoms with Crippen molar-refractivity contribution in [3.05, 3.63) is 65.7 Å². The van der Waals surface area contributed by atoms with Crippen LogP contribution in [-0.2, 0) is 16.6 Å². The molecule has 7 nitrogen and oxygen atoms in total. The summed E-state index contributed by atoms with van der Waals surface area (Å²) in [6, 6.07) is 17.5. The van der Waals surface area contributed by atoms with E-state index in [4.69, 9.17) is 0 Å². The van der Waals surface area contributed by atoms with Gasteiger partial charge in [-0.05, 0) is 50.3 Å². The summed E-state index contributed by atoms with van der Waals surface area (Å²) in [5.74, 6) is 0.738. The molecule has 32 heavy (non-hydrogen) atoms. The molecule has 0 spiro atoms. The van der Waals surface area contributed by atoms with Crippen LogP contribution in [0.5, 0.6) is 0 Å². The van der Waals surface area contributed by atoms with Crippen molar-refractivity contribution in [2.24, 2.45) is 4.99 Å². The molecule has 178 valence electrons. The van der Waals surface area contributed by atoms with Crippen LogP contribution in [0.4, 0.5) is 0 Å². The molecule has 0 radical (unpaired) electrons. The zero-order chi connectivity index (χ0) is 22.7. The summed E-state index contributed by atoms with van der Waals surface area (Å²) in [4.78, 5) is 7.35. The molecule has 1 unspecified atom stereocenters. The molecule has 0 fully saturated rings. The van der Waals surface area contributed by atoms with Crippen LogP contribution >= 0.6 is 24.0 Å². The highest BCUT2D eigenvalue weighted by Crippen LogP contribution is 2.19. The number of nitrogens with zero attached hydrogens (tertiary/aromatic N) is 2. The predicted molar refractivity (Wildman–Crippen MR) is 143 cm³/mol. The first kappa shape index (κ1) is 28.3. The maximum atomic E-state index is 11.9. The number of nitrogens with one attached hydrogen (secondary N) is 3. The molecule has 0 heterocycles. The first-order valence-corrected chi connectivity index (χ1v) is 12.3. The lowest BCUT2D eigenvalue weighted by Crippen LogP contribution is -2.43. The molecule has 3 N–H and O–H groups in total. The predicted octanol–water partition coefficient (Wildman–Crippen LogP) is 3.35. The van der Waals surface area contributed by atoms with E-state index in [1.807, 2.05) is 13.0 Å². The Balaban J connectivity index is 0.00000512. The molecule has 0 aliphatic heterocycles. The van der Waals surface area contributed by atoms with E-state index in [9.17, 15) is 8.42 Å². The zero-order valence-electron chi connectivity index (χ0n) is 19.3. The topological polar surface area (TPSA) is 85.8 Å². The number of sulfonamides is 1. The lowest BCUT2D eigenvalue weighted by molar-refractivity contribution is 0.219. The van der Waals surface area contributed by atoms with Crippen LogP contribution < -0.4 is 15.4 Å². The third-order valence-corrected chi connectivity index (χ3v) is 6.60. The Labute approximate surface area is 210 Å². The summed E-state index contributed by atoms with van der Waals surface area (Å²) in [7, 11) is -2.02. The van der Waals surface area contributed by atoms with Crippen molar-refractivity contribution < 1.29 is 8.42 Å². The van der Waals surface area contributed by atoms with Gasteiger partial charge in [-0.3, -0.25) is 4.90 Å². The van der Waals surface area contributed by atoms with Crippen molar-refractivity contribution in [2.45, 2.75) is 38.3 Å². The third-order valence-electron chi connectivity index (χ3n) is 5.17. The fourth-order valence-corrected chi connectivity index (χ4v) is 4.12. The van der Waals surface area contributed by atoms with Gasteiger partial charge in [-0.1, -0.05) is 56.3 Å². The molecule has 0 bridgehead atoms. The summed E-state index contributed by atoms with van der Waals surface area (Å²) >= 11 is 0. The van der Waals surface area contributed by atoms with Crippen LogP contribution in [0.2, 0.25) is 0 Å². The highest BCUT2D eigenvalue weighted by Gasteiger charge is 2.18. The van der Waals surface area contributed by atoms with Crippen molar-refractivity contribution in [1.82, 2.24) is 20.3 Å². The molecular formula is C23H36IN5O2S. The van der Waals surface area contributed by atoms with Crippen molar-refractivity contribution in [2.75, 3.05) is 33.2 Å². The van der Waals surface area contributed by atoms with Gasteiger partial charge in [0.2, 0.25) is 10.0 Å². The second kappa shape index (κ2) is 14.5. The van der Waals surface area contributed by atoms with E-state index < -0.39 is 10.0 Å². The Morgan fingerprint density at radius 2 is 1.59 bits per heavy atom. The Morgan fingerprint density at radius 1 is 0.969 bits per heavy atom. The Bertz CT molecular complexity index is 917. The largest absolute Gasteiger partial charge is 0.357 e. The molecule has 0 amide bonds. The summed E-state index contributed by atoms with van der Waals surface area (Å²) < 4.78 is 26.1. The summed E-state index contributed by atoms with van der Waals surface area (Å²) in [6.07, 6.45) is 0. The Kier molecular flexibility index (Phi) is 12.8. The van der Waals surface area contributed by atoms with Gasteiger partial charge in [0.1, 0.15) is 0 Å². The monoisotopic (exact) mass is 573 g/mol. The number of likely N-dealkylation sites (N-methyl/N-ethyl adjacent to an activating group) is 1. The van der Waals surface area contributed by atoms with Gasteiger partial charge in [0.05, 0.1) is 17.5 Å². The molecule has 0 aliphatic rings. The molecule has 9 heteroatoms. The van der Waals surface area contributed by atoms with Crippen molar-refractivity contribution >= 4 is 40.0 Å². The summed E-state index contributed by atoms with van der Waals surface area (Å²) in [6.45, 7) is 10.3. The van der Waals surface area contributed by atoms with Crippen LogP contribution in [-0.4, -0.2) is 52.5 Å². The first-order valence-electron chi connectivity index (χ1n) is 10.8. The lowest BCUT2D eigenvalue weighted by Gasteiger charge is -2.30. The number of halogens is 1. The molecule has 0 aromatic heterocycles. The van der Waals surface area contributed by atoms with Crippen molar-refractivity contribution in [1.29, 1.82) is 0 Å². The molecule has 2 aromatic rings. The van der Waals surface area contributed by atoms with Gasteiger partial charge in [0, 0.05) is 13.1 Å². The number of hydrogen-bond donors (Lipinski definition) is 3. The summed E-state index contributed by atoms with van der Waals surface area (Å²) in [5, 5.41) is 6.77. The highest BCUT2D eigenvalue weighted by molar-refractivity contribution is 14.0. The van der Waals surface area contributed by atoms with E-state index in [0.717, 1.165) is 37.7 Å². The van der Waals surface area contributed by atoms with Crippen molar-refractivity contribution in [3.8, 4) is 0 Å². The average molecular weight is 574 g/mol. The SMILES string of the molecule is CCNC(=NCc1ccc(S(=O)(=O)NC)cc1)NCC(c1ccccc1)N(CC)CC.I. The van der Waals surface area contributed by atoms with E-state index in [0.29, 0.717) is 6.54 Å². The molecule has 2 aromatic carbocycles. The molecule has 0 saturated carbocycles. The lowest BCUT2D eigenvalue weighted by atomic mass is 10.1. The maximum Gasteiger partial charge on any atom is 0.240 e. The smallest absolute Gasteiger partial charge is 0.240 e. The highest BCUT2D eigenvalue weighted by atomic mass is 127. The minimum atomic E-state index is -3.43. The van der Waals surface area contributed by atoms with Crippen LogP contribution in [0.25, 0.3) is 0 Å². The number of aliphatic imine (C=N–C) groups is 1. The van der Waals surface area contributed by atoms with Crippen LogP contribution in [0.15, 0.2) is 64.5 Å². The number of rotatable bonds is 11. The van der Waals surface area contributed by atoms with Gasteiger partial charge in [-0.15, -0.1) is 24.0 Å². The molecule has 2 rings (SSSR count).